The molecule has 0 amide bonds. The molecule has 0 unspecified atom stereocenters. The number of anilines is 1. The first-order valence-corrected chi connectivity index (χ1v) is 6.32. The summed E-state index contributed by atoms with van der Waals surface area (Å²) in [5.74, 6) is 0. The van der Waals surface area contributed by atoms with Crippen molar-refractivity contribution in [2.24, 2.45) is 0 Å². The number of morpholine rings is 1. The second kappa shape index (κ2) is 5.49. The van der Waals surface area contributed by atoms with E-state index in [4.69, 9.17) is 4.74 Å². The second-order valence-electron chi connectivity index (χ2n) is 3.87. The first kappa shape index (κ1) is 10.9. The predicted octanol–water partition coefficient (Wildman–Crippen LogP) is 1.80. The lowest BCUT2D eigenvalue weighted by Crippen LogP contribution is -2.38. The molecule has 2 rings (SSSR count). The van der Waals surface area contributed by atoms with Crippen LogP contribution in [0.2, 0.25) is 0 Å². The molecule has 1 aromatic rings. The molecule has 1 saturated heterocycles. The van der Waals surface area contributed by atoms with Gasteiger partial charge >= 0.3 is 0 Å². The molecule has 0 saturated carbocycles. The molecular formula is C11H18N2OS. The fourth-order valence-corrected chi connectivity index (χ4v) is 2.51. The van der Waals surface area contributed by atoms with Gasteiger partial charge in [-0.2, -0.15) is 0 Å². The maximum absolute atomic E-state index is 5.31. The van der Waals surface area contributed by atoms with Gasteiger partial charge in [-0.05, 0) is 23.9 Å². The largest absolute Gasteiger partial charge is 0.379 e. The minimum absolute atomic E-state index is 0.887. The number of thiophene rings is 1. The quantitative estimate of drug-likeness (QED) is 0.847. The van der Waals surface area contributed by atoms with Crippen molar-refractivity contribution < 1.29 is 4.74 Å². The summed E-state index contributed by atoms with van der Waals surface area (Å²) in [4.78, 5) is 2.44. The maximum Gasteiger partial charge on any atom is 0.0885 e. The molecule has 1 N–H and O–H groups in total. The SMILES string of the molecule is Cc1csc(NCCN2CCOCC2)c1. The van der Waals surface area contributed by atoms with E-state index in [-0.39, 0.29) is 0 Å². The van der Waals surface area contributed by atoms with Gasteiger partial charge in [-0.15, -0.1) is 11.3 Å². The Kier molecular flexibility index (Phi) is 4.00. The summed E-state index contributed by atoms with van der Waals surface area (Å²) >= 11 is 1.78. The molecule has 0 aliphatic carbocycles. The van der Waals surface area contributed by atoms with Gasteiger partial charge in [0.25, 0.3) is 0 Å². The first-order valence-electron chi connectivity index (χ1n) is 5.44. The minimum Gasteiger partial charge on any atom is -0.379 e. The molecule has 0 spiro atoms. The average molecular weight is 226 g/mol. The zero-order valence-corrected chi connectivity index (χ0v) is 9.98. The zero-order chi connectivity index (χ0) is 10.5. The highest BCUT2D eigenvalue weighted by molar-refractivity contribution is 7.14. The molecule has 4 heteroatoms. The van der Waals surface area contributed by atoms with Crippen LogP contribution in [0.4, 0.5) is 5.00 Å². The molecule has 0 bridgehead atoms. The van der Waals surface area contributed by atoms with Crippen LogP contribution in [0.3, 0.4) is 0 Å². The Labute approximate surface area is 95.0 Å². The molecule has 3 nitrogen and oxygen atoms in total. The van der Waals surface area contributed by atoms with Gasteiger partial charge in [0, 0.05) is 26.2 Å². The molecule has 1 fully saturated rings. The van der Waals surface area contributed by atoms with E-state index >= 15 is 0 Å². The van der Waals surface area contributed by atoms with Gasteiger partial charge in [0.2, 0.25) is 0 Å². The molecule has 84 valence electrons. The lowest BCUT2D eigenvalue weighted by Gasteiger charge is -2.26. The van der Waals surface area contributed by atoms with Gasteiger partial charge in [-0.25, -0.2) is 0 Å². The second-order valence-corrected chi connectivity index (χ2v) is 4.78. The first-order chi connectivity index (χ1) is 7.34. The topological polar surface area (TPSA) is 24.5 Å². The number of nitrogens with one attached hydrogen (secondary N) is 1. The molecule has 1 aliphatic rings. The van der Waals surface area contributed by atoms with Crippen molar-refractivity contribution >= 4 is 16.3 Å². The zero-order valence-electron chi connectivity index (χ0n) is 9.16. The van der Waals surface area contributed by atoms with Crippen LogP contribution in [-0.2, 0) is 4.74 Å². The molecule has 1 aromatic heterocycles. The highest BCUT2D eigenvalue weighted by Gasteiger charge is 2.09. The van der Waals surface area contributed by atoms with E-state index < -0.39 is 0 Å². The van der Waals surface area contributed by atoms with E-state index in [0.29, 0.717) is 0 Å². The van der Waals surface area contributed by atoms with E-state index in [9.17, 15) is 0 Å². The Balaban J connectivity index is 1.65. The van der Waals surface area contributed by atoms with Gasteiger partial charge in [0.1, 0.15) is 0 Å². The fourth-order valence-electron chi connectivity index (χ4n) is 1.69. The molecule has 0 aromatic carbocycles. The summed E-state index contributed by atoms with van der Waals surface area (Å²) in [7, 11) is 0. The number of rotatable bonds is 4. The summed E-state index contributed by atoms with van der Waals surface area (Å²) in [6, 6.07) is 2.20. The predicted molar refractivity (Wildman–Crippen MR) is 64.8 cm³/mol. The fraction of sp³-hybridized carbons (Fsp3) is 0.636. The van der Waals surface area contributed by atoms with Crippen LogP contribution in [0.1, 0.15) is 5.56 Å². The van der Waals surface area contributed by atoms with Crippen molar-refractivity contribution in [2.75, 3.05) is 44.7 Å². The monoisotopic (exact) mass is 226 g/mol. The standard InChI is InChI=1S/C11H18N2OS/c1-10-8-11(15-9-10)12-2-3-13-4-6-14-7-5-13/h8-9,12H,2-7H2,1H3. The summed E-state index contributed by atoms with van der Waals surface area (Å²) in [6.45, 7) is 8.19. The number of hydrogen-bond donors (Lipinski definition) is 1. The highest BCUT2D eigenvalue weighted by atomic mass is 32.1. The van der Waals surface area contributed by atoms with E-state index in [0.717, 1.165) is 39.4 Å². The van der Waals surface area contributed by atoms with Crippen molar-refractivity contribution in [3.63, 3.8) is 0 Å². The molecular weight excluding hydrogens is 208 g/mol. The summed E-state index contributed by atoms with van der Waals surface area (Å²) in [5, 5.41) is 6.90. The number of hydrogen-bond acceptors (Lipinski definition) is 4. The summed E-state index contributed by atoms with van der Waals surface area (Å²) in [6.07, 6.45) is 0. The van der Waals surface area contributed by atoms with E-state index in [1.54, 1.807) is 11.3 Å². The van der Waals surface area contributed by atoms with Gasteiger partial charge < -0.3 is 10.1 Å². The normalized spacial score (nSPS) is 17.9. The van der Waals surface area contributed by atoms with Crippen molar-refractivity contribution in [1.82, 2.24) is 4.90 Å². The third kappa shape index (κ3) is 3.48. The minimum atomic E-state index is 0.887. The molecule has 1 aliphatic heterocycles. The van der Waals surface area contributed by atoms with Crippen molar-refractivity contribution in [2.45, 2.75) is 6.92 Å². The third-order valence-corrected chi connectivity index (χ3v) is 3.57. The molecule has 0 radical (unpaired) electrons. The van der Waals surface area contributed by atoms with Crippen LogP contribution in [0.25, 0.3) is 0 Å². The van der Waals surface area contributed by atoms with Crippen molar-refractivity contribution in [3.05, 3.63) is 17.0 Å². The van der Waals surface area contributed by atoms with E-state index in [2.05, 4.69) is 28.6 Å². The Morgan fingerprint density at radius 1 is 1.47 bits per heavy atom. The molecule has 0 atom stereocenters. The Morgan fingerprint density at radius 3 is 2.93 bits per heavy atom. The number of nitrogens with zero attached hydrogens (tertiary/aromatic N) is 1. The lowest BCUT2D eigenvalue weighted by atomic mass is 10.4. The van der Waals surface area contributed by atoms with Gasteiger partial charge in [0.05, 0.1) is 18.2 Å². The third-order valence-electron chi connectivity index (χ3n) is 2.56. The van der Waals surface area contributed by atoms with Crippen LogP contribution >= 0.6 is 11.3 Å². The van der Waals surface area contributed by atoms with Gasteiger partial charge in [-0.3, -0.25) is 4.90 Å². The maximum atomic E-state index is 5.31. The van der Waals surface area contributed by atoms with Gasteiger partial charge in [0.15, 0.2) is 0 Å². The molecule has 2 heterocycles. The van der Waals surface area contributed by atoms with E-state index in [1.807, 2.05) is 0 Å². The van der Waals surface area contributed by atoms with Crippen LogP contribution in [0.15, 0.2) is 11.4 Å². The summed E-state index contributed by atoms with van der Waals surface area (Å²) in [5.41, 5.74) is 1.34. The van der Waals surface area contributed by atoms with Crippen LogP contribution in [-0.4, -0.2) is 44.3 Å². The Morgan fingerprint density at radius 2 is 2.27 bits per heavy atom. The van der Waals surface area contributed by atoms with Crippen molar-refractivity contribution in [3.8, 4) is 0 Å². The van der Waals surface area contributed by atoms with Crippen LogP contribution in [0, 0.1) is 6.92 Å². The van der Waals surface area contributed by atoms with Crippen LogP contribution in [0.5, 0.6) is 0 Å². The summed E-state index contributed by atoms with van der Waals surface area (Å²) < 4.78 is 5.31. The van der Waals surface area contributed by atoms with Crippen molar-refractivity contribution in [1.29, 1.82) is 0 Å². The Bertz CT molecular complexity index is 295. The average Bonchev–Trinajstić information content (AvgIpc) is 2.66. The van der Waals surface area contributed by atoms with E-state index in [1.165, 1.54) is 10.6 Å². The molecule has 15 heavy (non-hydrogen) atoms. The smallest absolute Gasteiger partial charge is 0.0885 e. The number of ether oxygens (including phenoxy) is 1. The lowest BCUT2D eigenvalue weighted by molar-refractivity contribution is 0.0398. The Hall–Kier alpha value is -0.580. The highest BCUT2D eigenvalue weighted by Crippen LogP contribution is 2.18. The van der Waals surface area contributed by atoms with Crippen LogP contribution < -0.4 is 5.32 Å². The van der Waals surface area contributed by atoms with Gasteiger partial charge in [-0.1, -0.05) is 0 Å². The number of aryl methyl sites for hydroxylation is 1.